The summed E-state index contributed by atoms with van der Waals surface area (Å²) < 4.78 is 10.7. The number of likely N-dealkylation sites (tertiary alicyclic amines) is 1. The van der Waals surface area contributed by atoms with Crippen LogP contribution in [0.1, 0.15) is 61.6 Å². The summed E-state index contributed by atoms with van der Waals surface area (Å²) in [5, 5.41) is 2.82. The molecular formula is C25H31N3O4. The lowest BCUT2D eigenvalue weighted by molar-refractivity contribution is 0.0949. The fourth-order valence-corrected chi connectivity index (χ4v) is 6.09. The van der Waals surface area contributed by atoms with Crippen LogP contribution in [0.4, 0.5) is 0 Å². The number of pyridine rings is 1. The summed E-state index contributed by atoms with van der Waals surface area (Å²) in [7, 11) is 0. The Morgan fingerprint density at radius 2 is 1.97 bits per heavy atom. The molecule has 1 amide bonds. The van der Waals surface area contributed by atoms with Gasteiger partial charge in [0.2, 0.25) is 6.79 Å². The minimum Gasteiger partial charge on any atom is -0.454 e. The van der Waals surface area contributed by atoms with Crippen molar-refractivity contribution in [3.05, 3.63) is 57.5 Å². The molecule has 2 N–H and O–H groups in total. The van der Waals surface area contributed by atoms with Crippen molar-refractivity contribution in [2.75, 3.05) is 13.3 Å². The van der Waals surface area contributed by atoms with Crippen LogP contribution in [0.5, 0.6) is 11.5 Å². The molecule has 0 radical (unpaired) electrons. The van der Waals surface area contributed by atoms with Gasteiger partial charge in [0.1, 0.15) is 5.56 Å². The first-order valence-corrected chi connectivity index (χ1v) is 11.3. The predicted octanol–water partition coefficient (Wildman–Crippen LogP) is 3.43. The summed E-state index contributed by atoms with van der Waals surface area (Å²) in [5.74, 6) is 0.982. The number of ether oxygens (including phenoxy) is 2. The first-order chi connectivity index (χ1) is 15.2. The van der Waals surface area contributed by atoms with E-state index in [1.54, 1.807) is 6.07 Å². The number of hydrogen-bond acceptors (Lipinski definition) is 5. The summed E-state index contributed by atoms with van der Waals surface area (Å²) in [5.41, 5.74) is 2.23. The van der Waals surface area contributed by atoms with Crippen molar-refractivity contribution in [2.45, 2.75) is 59.2 Å². The third kappa shape index (κ3) is 4.13. The van der Waals surface area contributed by atoms with Gasteiger partial charge in [0.25, 0.3) is 11.5 Å². The van der Waals surface area contributed by atoms with Gasteiger partial charge in [-0.15, -0.1) is 0 Å². The van der Waals surface area contributed by atoms with Gasteiger partial charge >= 0.3 is 0 Å². The standard InChI is InChI=1S/C25H31N3O4/c1-24(2)9-18-10-25(3,13-24)14-28(18)12-17-5-6-19(23(30)27-17)22(29)26-11-16-4-7-20-21(8-16)32-15-31-20/h4-8,18H,9-15H2,1-3H3,(H,26,29)(H,27,30). The van der Waals surface area contributed by atoms with Crippen molar-refractivity contribution in [3.8, 4) is 11.5 Å². The maximum absolute atomic E-state index is 12.6. The molecule has 0 spiro atoms. The Labute approximate surface area is 188 Å². The molecule has 2 bridgehead atoms. The zero-order valence-corrected chi connectivity index (χ0v) is 19.0. The molecule has 3 aliphatic rings. The second-order valence-corrected chi connectivity index (χ2v) is 10.7. The van der Waals surface area contributed by atoms with Crippen LogP contribution >= 0.6 is 0 Å². The van der Waals surface area contributed by atoms with E-state index < -0.39 is 0 Å². The van der Waals surface area contributed by atoms with E-state index in [9.17, 15) is 9.59 Å². The number of carbonyl (C=O) groups excluding carboxylic acids is 1. The van der Waals surface area contributed by atoms with Crippen LogP contribution in [0.25, 0.3) is 0 Å². The second kappa shape index (κ2) is 7.66. The van der Waals surface area contributed by atoms with Gasteiger partial charge in [-0.1, -0.05) is 26.8 Å². The molecule has 1 aromatic carbocycles. The van der Waals surface area contributed by atoms with E-state index in [1.165, 1.54) is 19.3 Å². The number of nitrogens with zero attached hydrogens (tertiary/aromatic N) is 1. The zero-order chi connectivity index (χ0) is 22.5. The van der Waals surface area contributed by atoms with Crippen molar-refractivity contribution < 1.29 is 14.3 Å². The minimum atomic E-state index is -0.387. The van der Waals surface area contributed by atoms with Crippen molar-refractivity contribution in [1.82, 2.24) is 15.2 Å². The summed E-state index contributed by atoms with van der Waals surface area (Å²) in [6.45, 7) is 9.39. The third-order valence-electron chi connectivity index (χ3n) is 7.00. The Morgan fingerprint density at radius 1 is 1.16 bits per heavy atom. The van der Waals surface area contributed by atoms with Gasteiger partial charge in [0.05, 0.1) is 0 Å². The number of amides is 1. The number of fused-ring (bicyclic) bond motifs is 3. The number of benzene rings is 1. The molecule has 32 heavy (non-hydrogen) atoms. The molecular weight excluding hydrogens is 406 g/mol. The van der Waals surface area contributed by atoms with E-state index in [-0.39, 0.29) is 23.8 Å². The number of rotatable bonds is 5. The van der Waals surface area contributed by atoms with Gasteiger partial charge in [0.15, 0.2) is 11.5 Å². The van der Waals surface area contributed by atoms with Crippen LogP contribution in [0.2, 0.25) is 0 Å². The number of hydrogen-bond donors (Lipinski definition) is 2. The molecule has 5 rings (SSSR count). The lowest BCUT2D eigenvalue weighted by Crippen LogP contribution is -2.35. The van der Waals surface area contributed by atoms with Crippen LogP contribution in [-0.4, -0.2) is 35.2 Å². The Bertz CT molecular complexity index is 1110. The van der Waals surface area contributed by atoms with Gasteiger partial charge in [-0.3, -0.25) is 14.5 Å². The Hall–Kier alpha value is -2.80. The quantitative estimate of drug-likeness (QED) is 0.749. The lowest BCUT2D eigenvalue weighted by atomic mass is 9.65. The largest absolute Gasteiger partial charge is 0.454 e. The predicted molar refractivity (Wildman–Crippen MR) is 121 cm³/mol. The summed E-state index contributed by atoms with van der Waals surface area (Å²) in [6.07, 6.45) is 3.65. The third-order valence-corrected chi connectivity index (χ3v) is 7.00. The molecule has 2 atom stereocenters. The first kappa shape index (κ1) is 21.1. The van der Waals surface area contributed by atoms with Crippen molar-refractivity contribution in [1.29, 1.82) is 0 Å². The van der Waals surface area contributed by atoms with Gasteiger partial charge in [-0.2, -0.15) is 0 Å². The molecule has 1 saturated heterocycles. The number of carbonyl (C=O) groups is 1. The van der Waals surface area contributed by atoms with Crippen LogP contribution < -0.4 is 20.3 Å². The fraction of sp³-hybridized carbons (Fsp3) is 0.520. The molecule has 2 fully saturated rings. The molecule has 7 heteroatoms. The molecule has 3 heterocycles. The molecule has 1 aliphatic carbocycles. The first-order valence-electron chi connectivity index (χ1n) is 11.3. The molecule has 1 aromatic heterocycles. The topological polar surface area (TPSA) is 83.7 Å². The van der Waals surface area contributed by atoms with Crippen molar-refractivity contribution in [3.63, 3.8) is 0 Å². The molecule has 2 aromatic rings. The maximum Gasteiger partial charge on any atom is 0.261 e. The van der Waals surface area contributed by atoms with E-state index in [0.717, 1.165) is 17.8 Å². The number of nitrogens with one attached hydrogen (secondary N) is 2. The van der Waals surface area contributed by atoms with E-state index in [0.29, 0.717) is 41.5 Å². The Kier molecular flexibility index (Phi) is 5.04. The highest BCUT2D eigenvalue weighted by Gasteiger charge is 2.49. The normalized spacial score (nSPS) is 25.7. The number of aromatic nitrogens is 1. The van der Waals surface area contributed by atoms with E-state index in [1.807, 2.05) is 24.3 Å². The van der Waals surface area contributed by atoms with Gasteiger partial charge in [-0.25, -0.2) is 0 Å². The van der Waals surface area contributed by atoms with E-state index in [2.05, 4.69) is 36.0 Å². The molecule has 2 aliphatic heterocycles. The minimum absolute atomic E-state index is 0.128. The van der Waals surface area contributed by atoms with Crippen LogP contribution in [-0.2, 0) is 13.1 Å². The Balaban J connectivity index is 1.23. The van der Waals surface area contributed by atoms with Crippen LogP contribution in [0, 0.1) is 10.8 Å². The van der Waals surface area contributed by atoms with Gasteiger partial charge in [-0.05, 0) is 59.9 Å². The smallest absolute Gasteiger partial charge is 0.261 e. The van der Waals surface area contributed by atoms with E-state index in [4.69, 9.17) is 9.47 Å². The monoisotopic (exact) mass is 437 g/mol. The number of aromatic amines is 1. The second-order valence-electron chi connectivity index (χ2n) is 10.7. The average Bonchev–Trinajstić information content (AvgIpc) is 3.26. The van der Waals surface area contributed by atoms with Crippen LogP contribution in [0.15, 0.2) is 35.1 Å². The Morgan fingerprint density at radius 3 is 2.78 bits per heavy atom. The zero-order valence-electron chi connectivity index (χ0n) is 19.0. The molecule has 1 saturated carbocycles. The summed E-state index contributed by atoms with van der Waals surface area (Å²) in [6, 6.07) is 9.58. The highest BCUT2D eigenvalue weighted by molar-refractivity contribution is 5.93. The lowest BCUT2D eigenvalue weighted by Gasteiger charge is -2.39. The van der Waals surface area contributed by atoms with E-state index >= 15 is 0 Å². The van der Waals surface area contributed by atoms with Crippen LogP contribution in [0.3, 0.4) is 0 Å². The average molecular weight is 438 g/mol. The summed E-state index contributed by atoms with van der Waals surface area (Å²) in [4.78, 5) is 30.7. The summed E-state index contributed by atoms with van der Waals surface area (Å²) >= 11 is 0. The van der Waals surface area contributed by atoms with Gasteiger partial charge in [0, 0.05) is 31.4 Å². The highest BCUT2D eigenvalue weighted by atomic mass is 16.7. The maximum atomic E-state index is 12.6. The molecule has 170 valence electrons. The fourth-order valence-electron chi connectivity index (χ4n) is 6.09. The SMILES string of the molecule is CC1(C)CC2CC(C)(CN2Cc2ccc(C(=O)NCc3ccc4c(c3)OCO4)c(=O)[nH]2)C1. The molecule has 7 nitrogen and oxygen atoms in total. The number of H-pyrrole nitrogens is 1. The van der Waals surface area contributed by atoms with Gasteiger partial charge < -0.3 is 19.8 Å². The van der Waals surface area contributed by atoms with Crippen molar-refractivity contribution in [2.24, 2.45) is 10.8 Å². The highest BCUT2D eigenvalue weighted by Crippen LogP contribution is 2.52. The molecule has 2 unspecified atom stereocenters. The van der Waals surface area contributed by atoms with Crippen molar-refractivity contribution >= 4 is 5.91 Å².